The van der Waals surface area contributed by atoms with Gasteiger partial charge in [-0.3, -0.25) is 9.59 Å². The number of fused-ring (bicyclic) bond motifs is 1. The van der Waals surface area contributed by atoms with Crippen molar-refractivity contribution in [2.75, 3.05) is 6.61 Å². The normalized spacial score (nSPS) is 19.6. The molecule has 1 N–H and O–H groups in total. The first-order chi connectivity index (χ1) is 13.0. The predicted molar refractivity (Wildman–Crippen MR) is 102 cm³/mol. The highest BCUT2D eigenvalue weighted by molar-refractivity contribution is 6.02. The summed E-state index contributed by atoms with van der Waals surface area (Å²) in [6.45, 7) is 3.97. The van der Waals surface area contributed by atoms with Crippen molar-refractivity contribution in [2.24, 2.45) is 5.92 Å². The minimum Gasteiger partial charge on any atom is -0.451 e. The van der Waals surface area contributed by atoms with Gasteiger partial charge in [0, 0.05) is 18.0 Å². The number of hydrogen-bond acceptors (Lipinski definition) is 5. The zero-order valence-electron chi connectivity index (χ0n) is 15.7. The van der Waals surface area contributed by atoms with E-state index in [1.165, 1.54) is 4.68 Å². The standard InChI is InChI=1S/C20H25N3O4/c1-3-23-19(25)16-7-5-4-6-15(16)18(22-23)20(26)27-12-17(24)21-14-10-8-13(2)9-11-14/h4-7,13-14H,3,8-12H2,1-2H3,(H,21,24). The first kappa shape index (κ1) is 19.1. The van der Waals surface area contributed by atoms with E-state index in [4.69, 9.17) is 4.74 Å². The summed E-state index contributed by atoms with van der Waals surface area (Å²) in [5.41, 5.74) is -0.208. The Morgan fingerprint density at radius 2 is 1.85 bits per heavy atom. The van der Waals surface area contributed by atoms with Gasteiger partial charge in [0.1, 0.15) is 0 Å². The van der Waals surface area contributed by atoms with Crippen molar-refractivity contribution in [2.45, 2.75) is 52.1 Å². The van der Waals surface area contributed by atoms with Crippen LogP contribution in [0.2, 0.25) is 0 Å². The highest BCUT2D eigenvalue weighted by Crippen LogP contribution is 2.23. The molecule has 1 aromatic carbocycles. The minimum atomic E-state index is -0.708. The molecule has 1 aliphatic rings. The average Bonchev–Trinajstić information content (AvgIpc) is 2.68. The van der Waals surface area contributed by atoms with Gasteiger partial charge in [-0.25, -0.2) is 9.48 Å². The maximum Gasteiger partial charge on any atom is 0.359 e. The second kappa shape index (κ2) is 8.33. The molecular formula is C20H25N3O4. The highest BCUT2D eigenvalue weighted by Gasteiger charge is 2.22. The minimum absolute atomic E-state index is 0.0475. The van der Waals surface area contributed by atoms with Crippen LogP contribution in [-0.4, -0.2) is 34.3 Å². The van der Waals surface area contributed by atoms with Gasteiger partial charge >= 0.3 is 5.97 Å². The molecule has 0 radical (unpaired) electrons. The van der Waals surface area contributed by atoms with E-state index in [0.29, 0.717) is 23.2 Å². The van der Waals surface area contributed by atoms with Crippen molar-refractivity contribution >= 4 is 22.6 Å². The molecule has 1 aliphatic carbocycles. The van der Waals surface area contributed by atoms with Crippen LogP contribution >= 0.6 is 0 Å². The van der Waals surface area contributed by atoms with Crippen molar-refractivity contribution in [3.63, 3.8) is 0 Å². The number of ether oxygens (including phenoxy) is 1. The van der Waals surface area contributed by atoms with Gasteiger partial charge in [0.2, 0.25) is 0 Å². The number of aryl methyl sites for hydroxylation is 1. The second-order valence-electron chi connectivity index (χ2n) is 7.12. The van der Waals surface area contributed by atoms with Crippen LogP contribution in [0.15, 0.2) is 29.1 Å². The molecule has 0 bridgehead atoms. The smallest absolute Gasteiger partial charge is 0.359 e. The summed E-state index contributed by atoms with van der Waals surface area (Å²) >= 11 is 0. The molecule has 1 fully saturated rings. The number of hydrogen-bond donors (Lipinski definition) is 1. The molecule has 1 aromatic heterocycles. The topological polar surface area (TPSA) is 90.3 Å². The Bertz CT molecular complexity index is 898. The first-order valence-electron chi connectivity index (χ1n) is 9.46. The third-order valence-electron chi connectivity index (χ3n) is 5.08. The highest BCUT2D eigenvalue weighted by atomic mass is 16.5. The number of esters is 1. The van der Waals surface area contributed by atoms with Crippen LogP contribution < -0.4 is 10.9 Å². The molecular weight excluding hydrogens is 346 g/mol. The molecule has 0 aliphatic heterocycles. The van der Waals surface area contributed by atoms with E-state index in [9.17, 15) is 14.4 Å². The third-order valence-corrected chi connectivity index (χ3v) is 5.08. The van der Waals surface area contributed by atoms with E-state index in [1.807, 2.05) is 0 Å². The Morgan fingerprint density at radius 1 is 1.19 bits per heavy atom. The molecule has 3 rings (SSSR count). The Labute approximate surface area is 157 Å². The lowest BCUT2D eigenvalue weighted by atomic mass is 9.87. The lowest BCUT2D eigenvalue weighted by Gasteiger charge is -2.26. The van der Waals surface area contributed by atoms with Crippen molar-refractivity contribution in [1.82, 2.24) is 15.1 Å². The second-order valence-corrected chi connectivity index (χ2v) is 7.12. The van der Waals surface area contributed by atoms with E-state index in [1.54, 1.807) is 31.2 Å². The fraction of sp³-hybridized carbons (Fsp3) is 0.500. The summed E-state index contributed by atoms with van der Waals surface area (Å²) in [5, 5.41) is 7.88. The number of nitrogens with zero attached hydrogens (tertiary/aromatic N) is 2. The number of rotatable bonds is 5. The van der Waals surface area contributed by atoms with Crippen molar-refractivity contribution in [3.8, 4) is 0 Å². The van der Waals surface area contributed by atoms with Crippen molar-refractivity contribution < 1.29 is 14.3 Å². The molecule has 1 amide bonds. The fourth-order valence-electron chi connectivity index (χ4n) is 3.47. The van der Waals surface area contributed by atoms with E-state index >= 15 is 0 Å². The number of aromatic nitrogens is 2. The van der Waals surface area contributed by atoms with Gasteiger partial charge in [0.15, 0.2) is 12.3 Å². The molecule has 144 valence electrons. The number of carbonyl (C=O) groups excluding carboxylic acids is 2. The number of nitrogens with one attached hydrogen (secondary N) is 1. The van der Waals surface area contributed by atoms with Gasteiger partial charge in [-0.05, 0) is 44.6 Å². The Morgan fingerprint density at radius 3 is 2.52 bits per heavy atom. The Kier molecular flexibility index (Phi) is 5.88. The van der Waals surface area contributed by atoms with Crippen LogP contribution in [0, 0.1) is 5.92 Å². The SMILES string of the molecule is CCn1nc(C(=O)OCC(=O)NC2CCC(C)CC2)c2ccccc2c1=O. The molecule has 7 nitrogen and oxygen atoms in total. The molecule has 0 spiro atoms. The predicted octanol–water partition coefficient (Wildman–Crippen LogP) is 2.27. The number of benzene rings is 1. The summed E-state index contributed by atoms with van der Waals surface area (Å²) in [4.78, 5) is 36.9. The molecule has 7 heteroatoms. The van der Waals surface area contributed by atoms with Gasteiger partial charge in [-0.1, -0.05) is 25.1 Å². The van der Waals surface area contributed by atoms with Crippen LogP contribution in [0.1, 0.15) is 50.0 Å². The molecule has 1 heterocycles. The zero-order valence-corrected chi connectivity index (χ0v) is 15.7. The maximum atomic E-state index is 12.5. The van der Waals surface area contributed by atoms with Crippen molar-refractivity contribution in [1.29, 1.82) is 0 Å². The third kappa shape index (κ3) is 4.35. The van der Waals surface area contributed by atoms with Crippen LogP contribution in [0.25, 0.3) is 10.8 Å². The van der Waals surface area contributed by atoms with E-state index in [-0.39, 0.29) is 29.8 Å². The quantitative estimate of drug-likeness (QED) is 0.814. The molecule has 0 saturated heterocycles. The van der Waals surface area contributed by atoms with Crippen LogP contribution in [0.4, 0.5) is 0 Å². The van der Waals surface area contributed by atoms with Gasteiger partial charge < -0.3 is 10.1 Å². The summed E-state index contributed by atoms with van der Waals surface area (Å²) in [5.74, 6) is -0.318. The van der Waals surface area contributed by atoms with Gasteiger partial charge in [0.25, 0.3) is 11.5 Å². The van der Waals surface area contributed by atoms with Crippen molar-refractivity contribution in [3.05, 3.63) is 40.3 Å². The lowest BCUT2D eigenvalue weighted by molar-refractivity contribution is -0.125. The molecule has 1 saturated carbocycles. The van der Waals surface area contributed by atoms with Gasteiger partial charge in [-0.15, -0.1) is 0 Å². The molecule has 2 aromatic rings. The maximum absolute atomic E-state index is 12.5. The Balaban J connectivity index is 1.68. The summed E-state index contributed by atoms with van der Waals surface area (Å²) < 4.78 is 6.40. The summed E-state index contributed by atoms with van der Waals surface area (Å²) in [6, 6.07) is 6.92. The van der Waals surface area contributed by atoms with Crippen LogP contribution in [0.5, 0.6) is 0 Å². The van der Waals surface area contributed by atoms with Gasteiger partial charge in [0.05, 0.1) is 5.39 Å². The van der Waals surface area contributed by atoms with E-state index < -0.39 is 5.97 Å². The number of carbonyl (C=O) groups is 2. The molecule has 0 unspecified atom stereocenters. The largest absolute Gasteiger partial charge is 0.451 e. The summed E-state index contributed by atoms with van der Waals surface area (Å²) in [7, 11) is 0. The fourth-order valence-corrected chi connectivity index (χ4v) is 3.47. The average molecular weight is 371 g/mol. The molecule has 27 heavy (non-hydrogen) atoms. The monoisotopic (exact) mass is 371 g/mol. The van der Waals surface area contributed by atoms with Gasteiger partial charge in [-0.2, -0.15) is 5.10 Å². The number of amides is 1. The Hall–Kier alpha value is -2.70. The van der Waals surface area contributed by atoms with Crippen LogP contribution in [0.3, 0.4) is 0 Å². The van der Waals surface area contributed by atoms with E-state index in [0.717, 1.165) is 25.7 Å². The summed E-state index contributed by atoms with van der Waals surface area (Å²) in [6.07, 6.45) is 4.10. The first-order valence-corrected chi connectivity index (χ1v) is 9.46. The van der Waals surface area contributed by atoms with E-state index in [2.05, 4.69) is 17.3 Å². The lowest BCUT2D eigenvalue weighted by Crippen LogP contribution is -2.39. The molecule has 0 atom stereocenters. The van der Waals surface area contributed by atoms with Crippen LogP contribution in [-0.2, 0) is 16.1 Å². The zero-order chi connectivity index (χ0) is 19.4.